The number of carbonyl (C=O) groups is 2. The Morgan fingerprint density at radius 3 is 2.76 bits per heavy atom. The number of hydrogen-bond acceptors (Lipinski definition) is 5. The Balaban J connectivity index is 1.21. The summed E-state index contributed by atoms with van der Waals surface area (Å²) in [6, 6.07) is 13.4. The fraction of sp³-hybridized carbons (Fsp3) is 0.464. The van der Waals surface area contributed by atoms with Gasteiger partial charge in [0.2, 0.25) is 5.91 Å². The third-order valence-corrected chi connectivity index (χ3v) is 8.50. The number of aromatic nitrogens is 2. The Hall–Kier alpha value is -2.94. The van der Waals surface area contributed by atoms with Crippen LogP contribution in [-0.2, 0) is 16.1 Å². The van der Waals surface area contributed by atoms with Crippen LogP contribution < -0.4 is 16.2 Å². The van der Waals surface area contributed by atoms with Crippen molar-refractivity contribution in [1.82, 2.24) is 20.6 Å². The van der Waals surface area contributed by atoms with Crippen LogP contribution in [0.25, 0.3) is 10.9 Å². The zero-order valence-corrected chi connectivity index (χ0v) is 21.5. The summed E-state index contributed by atoms with van der Waals surface area (Å²) in [7, 11) is 0. The first-order valence-electron chi connectivity index (χ1n) is 13.3. The zero-order valence-electron chi connectivity index (χ0n) is 20.7. The van der Waals surface area contributed by atoms with Gasteiger partial charge in [0, 0.05) is 41.8 Å². The molecule has 0 radical (unpaired) electrons. The summed E-state index contributed by atoms with van der Waals surface area (Å²) in [5.74, 6) is 0.526. The van der Waals surface area contributed by atoms with E-state index < -0.39 is 0 Å². The SMILES string of the molecule is O=C(Nc1ccc(C2NNC(=O)C3CCCCC32)c(Cl)c1)c1nn(CC2CCOCC2)c2ccccc12. The number of hydrazine groups is 1. The molecule has 1 aliphatic carbocycles. The van der Waals surface area contributed by atoms with E-state index in [1.807, 2.05) is 41.1 Å². The molecule has 2 saturated heterocycles. The molecule has 3 fully saturated rings. The van der Waals surface area contributed by atoms with E-state index in [0.29, 0.717) is 22.3 Å². The van der Waals surface area contributed by atoms with Crippen LogP contribution in [0.1, 0.15) is 60.6 Å². The number of para-hydroxylation sites is 1. The predicted molar refractivity (Wildman–Crippen MR) is 142 cm³/mol. The van der Waals surface area contributed by atoms with E-state index in [0.717, 1.165) is 74.7 Å². The summed E-state index contributed by atoms with van der Waals surface area (Å²) in [6.45, 7) is 2.32. The number of hydrogen-bond donors (Lipinski definition) is 3. The number of carbonyl (C=O) groups excluding carboxylic acids is 2. The van der Waals surface area contributed by atoms with Gasteiger partial charge in [-0.3, -0.25) is 19.7 Å². The van der Waals surface area contributed by atoms with Crippen LogP contribution in [0.2, 0.25) is 5.02 Å². The van der Waals surface area contributed by atoms with Crippen molar-refractivity contribution < 1.29 is 14.3 Å². The van der Waals surface area contributed by atoms with Gasteiger partial charge in [-0.15, -0.1) is 0 Å². The summed E-state index contributed by atoms with van der Waals surface area (Å²) < 4.78 is 7.45. The molecule has 8 nitrogen and oxygen atoms in total. The van der Waals surface area contributed by atoms with Crippen molar-refractivity contribution in [2.24, 2.45) is 17.8 Å². The van der Waals surface area contributed by atoms with Gasteiger partial charge in [0.15, 0.2) is 5.69 Å². The van der Waals surface area contributed by atoms with Gasteiger partial charge in [-0.1, -0.05) is 48.7 Å². The highest BCUT2D eigenvalue weighted by Crippen LogP contribution is 2.42. The molecule has 3 aromatic rings. The number of fused-ring (bicyclic) bond motifs is 2. The van der Waals surface area contributed by atoms with E-state index in [9.17, 15) is 9.59 Å². The number of halogens is 1. The van der Waals surface area contributed by atoms with Gasteiger partial charge in [-0.2, -0.15) is 5.10 Å². The molecule has 3 unspecified atom stereocenters. The van der Waals surface area contributed by atoms with Crippen LogP contribution in [0.5, 0.6) is 0 Å². The highest BCUT2D eigenvalue weighted by molar-refractivity contribution is 6.31. The molecule has 6 rings (SSSR count). The smallest absolute Gasteiger partial charge is 0.276 e. The van der Waals surface area contributed by atoms with Crippen molar-refractivity contribution in [3.05, 3.63) is 58.7 Å². The third kappa shape index (κ3) is 4.85. The molecule has 37 heavy (non-hydrogen) atoms. The summed E-state index contributed by atoms with van der Waals surface area (Å²) in [6.07, 6.45) is 6.11. The lowest BCUT2D eigenvalue weighted by Crippen LogP contribution is -2.55. The first-order valence-corrected chi connectivity index (χ1v) is 13.7. The zero-order chi connectivity index (χ0) is 25.4. The number of anilines is 1. The van der Waals surface area contributed by atoms with Crippen molar-refractivity contribution in [3.63, 3.8) is 0 Å². The summed E-state index contributed by atoms with van der Waals surface area (Å²) in [5.41, 5.74) is 8.93. The minimum Gasteiger partial charge on any atom is -0.381 e. The maximum absolute atomic E-state index is 13.3. The lowest BCUT2D eigenvalue weighted by atomic mass is 9.72. The largest absolute Gasteiger partial charge is 0.381 e. The van der Waals surface area contributed by atoms with E-state index in [-0.39, 0.29) is 29.7 Å². The molecule has 194 valence electrons. The molecule has 0 spiro atoms. The molecule has 3 atom stereocenters. The average Bonchev–Trinajstić information content (AvgIpc) is 3.29. The van der Waals surface area contributed by atoms with Crippen LogP contribution in [0, 0.1) is 17.8 Å². The van der Waals surface area contributed by atoms with E-state index in [2.05, 4.69) is 16.2 Å². The Morgan fingerprint density at radius 1 is 1.11 bits per heavy atom. The summed E-state index contributed by atoms with van der Waals surface area (Å²) in [5, 5.41) is 9.11. The van der Waals surface area contributed by atoms with E-state index in [1.54, 1.807) is 6.07 Å². The molecule has 1 aromatic heterocycles. The van der Waals surface area contributed by atoms with Gasteiger partial charge in [-0.25, -0.2) is 5.43 Å². The number of amides is 2. The Morgan fingerprint density at radius 2 is 1.92 bits per heavy atom. The lowest BCUT2D eigenvalue weighted by Gasteiger charge is -2.41. The maximum Gasteiger partial charge on any atom is 0.276 e. The van der Waals surface area contributed by atoms with Crippen molar-refractivity contribution >= 4 is 40.0 Å². The van der Waals surface area contributed by atoms with Crippen molar-refractivity contribution in [2.45, 2.75) is 51.1 Å². The number of nitrogens with zero attached hydrogens (tertiary/aromatic N) is 2. The molecule has 0 bridgehead atoms. The Labute approximate surface area is 221 Å². The molecule has 3 heterocycles. The Bertz CT molecular complexity index is 1320. The number of nitrogens with one attached hydrogen (secondary N) is 3. The molecule has 3 aliphatic rings. The maximum atomic E-state index is 13.3. The lowest BCUT2D eigenvalue weighted by molar-refractivity contribution is -0.133. The van der Waals surface area contributed by atoms with Gasteiger partial charge in [0.05, 0.1) is 11.6 Å². The second-order valence-corrected chi connectivity index (χ2v) is 10.9. The number of rotatable bonds is 5. The number of benzene rings is 2. The first-order chi connectivity index (χ1) is 18.1. The highest BCUT2D eigenvalue weighted by atomic mass is 35.5. The van der Waals surface area contributed by atoms with Gasteiger partial charge >= 0.3 is 0 Å². The van der Waals surface area contributed by atoms with Crippen molar-refractivity contribution in [3.8, 4) is 0 Å². The summed E-state index contributed by atoms with van der Waals surface area (Å²) >= 11 is 6.73. The molecular weight excluding hydrogens is 490 g/mol. The van der Waals surface area contributed by atoms with Crippen LogP contribution in [0.3, 0.4) is 0 Å². The Kier molecular flexibility index (Phi) is 6.88. The van der Waals surface area contributed by atoms with Crippen molar-refractivity contribution in [2.75, 3.05) is 18.5 Å². The highest BCUT2D eigenvalue weighted by Gasteiger charge is 2.41. The van der Waals surface area contributed by atoms with Crippen LogP contribution >= 0.6 is 11.6 Å². The molecule has 9 heteroatoms. The van der Waals surface area contributed by atoms with E-state index in [4.69, 9.17) is 21.4 Å². The van der Waals surface area contributed by atoms with Crippen LogP contribution in [0.15, 0.2) is 42.5 Å². The van der Waals surface area contributed by atoms with Crippen LogP contribution in [-0.4, -0.2) is 34.8 Å². The van der Waals surface area contributed by atoms with Crippen molar-refractivity contribution in [1.29, 1.82) is 0 Å². The van der Waals surface area contributed by atoms with E-state index in [1.165, 1.54) is 0 Å². The fourth-order valence-electron chi connectivity index (χ4n) is 6.20. The third-order valence-electron chi connectivity index (χ3n) is 8.17. The second-order valence-electron chi connectivity index (χ2n) is 10.5. The predicted octanol–water partition coefficient (Wildman–Crippen LogP) is 4.85. The molecule has 2 amide bonds. The van der Waals surface area contributed by atoms with E-state index >= 15 is 0 Å². The number of ether oxygens (including phenoxy) is 1. The second kappa shape index (κ2) is 10.4. The first kappa shape index (κ1) is 24.4. The van der Waals surface area contributed by atoms with Gasteiger partial charge < -0.3 is 10.1 Å². The fourth-order valence-corrected chi connectivity index (χ4v) is 6.49. The molecular formula is C28H32ClN5O3. The standard InChI is InChI=1S/C28H32ClN5O3/c29-23-15-18(9-10-21(23)25-19-5-1-2-6-20(19)27(35)32-31-25)30-28(36)26-22-7-3-4-8-24(22)34(33-26)16-17-11-13-37-14-12-17/h3-4,7-10,15,17,19-20,25,31H,1-2,5-6,11-14,16H2,(H,30,36)(H,32,35). The monoisotopic (exact) mass is 521 g/mol. The minimum absolute atomic E-state index is 0.0139. The quantitative estimate of drug-likeness (QED) is 0.446. The van der Waals surface area contributed by atoms with Gasteiger partial charge in [-0.05, 0) is 61.3 Å². The molecule has 2 aromatic carbocycles. The normalized spacial score (nSPS) is 24.5. The molecule has 3 N–H and O–H groups in total. The van der Waals surface area contributed by atoms with Gasteiger partial charge in [0.25, 0.3) is 5.91 Å². The minimum atomic E-state index is -0.263. The summed E-state index contributed by atoms with van der Waals surface area (Å²) in [4.78, 5) is 25.7. The van der Waals surface area contributed by atoms with Crippen LogP contribution in [0.4, 0.5) is 5.69 Å². The average molecular weight is 522 g/mol. The molecule has 1 saturated carbocycles. The van der Waals surface area contributed by atoms with Gasteiger partial charge in [0.1, 0.15) is 0 Å². The topological polar surface area (TPSA) is 97.3 Å². The molecule has 2 aliphatic heterocycles.